The SMILES string of the molecule is CC1(C)C2CCC1(C)C(OC(=O)c1ccc(Br)cc1N)C2. The van der Waals surface area contributed by atoms with Crippen LogP contribution in [0.15, 0.2) is 22.7 Å². The topological polar surface area (TPSA) is 52.3 Å². The predicted molar refractivity (Wildman–Crippen MR) is 87.0 cm³/mol. The Balaban J connectivity index is 1.80. The van der Waals surface area contributed by atoms with Crippen molar-refractivity contribution in [1.29, 1.82) is 0 Å². The third-order valence-electron chi connectivity index (χ3n) is 6.20. The molecule has 2 fully saturated rings. The van der Waals surface area contributed by atoms with Crippen LogP contribution in [0.5, 0.6) is 0 Å². The molecule has 2 N–H and O–H groups in total. The number of anilines is 1. The van der Waals surface area contributed by atoms with Crippen LogP contribution >= 0.6 is 15.9 Å². The highest BCUT2D eigenvalue weighted by Crippen LogP contribution is 2.66. The largest absolute Gasteiger partial charge is 0.458 e. The maximum absolute atomic E-state index is 12.4. The highest BCUT2D eigenvalue weighted by Gasteiger charge is 2.62. The molecular weight excluding hydrogens is 330 g/mol. The predicted octanol–water partition coefficient (Wildman–Crippen LogP) is 4.40. The van der Waals surface area contributed by atoms with Crippen molar-refractivity contribution in [3.63, 3.8) is 0 Å². The normalized spacial score (nSPS) is 33.1. The van der Waals surface area contributed by atoms with E-state index in [2.05, 4.69) is 36.7 Å². The summed E-state index contributed by atoms with van der Waals surface area (Å²) in [5.74, 6) is 0.358. The van der Waals surface area contributed by atoms with Gasteiger partial charge in [0.1, 0.15) is 6.10 Å². The van der Waals surface area contributed by atoms with Gasteiger partial charge < -0.3 is 10.5 Å². The quantitative estimate of drug-likeness (QED) is 0.634. The van der Waals surface area contributed by atoms with Crippen LogP contribution < -0.4 is 5.73 Å². The second-order valence-corrected chi connectivity index (χ2v) is 8.15. The third kappa shape index (κ3) is 2.10. The van der Waals surface area contributed by atoms with Crippen LogP contribution in [0.4, 0.5) is 5.69 Å². The van der Waals surface area contributed by atoms with Crippen molar-refractivity contribution >= 4 is 27.6 Å². The first-order chi connectivity index (χ1) is 9.75. The molecule has 2 aliphatic rings. The van der Waals surface area contributed by atoms with Gasteiger partial charge in [0.05, 0.1) is 5.56 Å². The Morgan fingerprint density at radius 1 is 1.38 bits per heavy atom. The van der Waals surface area contributed by atoms with Gasteiger partial charge in [-0.3, -0.25) is 0 Å². The lowest BCUT2D eigenvalue weighted by Crippen LogP contribution is -2.38. The number of hydrogen-bond donors (Lipinski definition) is 1. The van der Waals surface area contributed by atoms with E-state index >= 15 is 0 Å². The standard InChI is InChI=1S/C17H22BrNO2/c1-16(2)10-6-7-17(16,3)14(8-10)21-15(20)12-5-4-11(18)9-13(12)19/h4-5,9-10,14H,6-8,19H2,1-3H3. The van der Waals surface area contributed by atoms with Crippen molar-refractivity contribution in [2.45, 2.75) is 46.1 Å². The van der Waals surface area contributed by atoms with Gasteiger partial charge >= 0.3 is 5.97 Å². The van der Waals surface area contributed by atoms with Crippen molar-refractivity contribution < 1.29 is 9.53 Å². The molecule has 2 saturated carbocycles. The van der Waals surface area contributed by atoms with E-state index in [4.69, 9.17) is 10.5 Å². The van der Waals surface area contributed by atoms with E-state index in [0.717, 1.165) is 17.3 Å². The zero-order chi connectivity index (χ0) is 15.4. The van der Waals surface area contributed by atoms with Crippen LogP contribution in [0.25, 0.3) is 0 Å². The highest BCUT2D eigenvalue weighted by molar-refractivity contribution is 9.10. The number of fused-ring (bicyclic) bond motifs is 2. The molecule has 0 heterocycles. The van der Waals surface area contributed by atoms with Gasteiger partial charge in [0, 0.05) is 15.6 Å². The number of halogens is 1. The van der Waals surface area contributed by atoms with E-state index in [-0.39, 0.29) is 22.9 Å². The molecule has 1 aromatic carbocycles. The summed E-state index contributed by atoms with van der Waals surface area (Å²) in [6, 6.07) is 5.28. The van der Waals surface area contributed by atoms with Crippen molar-refractivity contribution in [2.75, 3.05) is 5.73 Å². The number of carbonyl (C=O) groups is 1. The third-order valence-corrected chi connectivity index (χ3v) is 6.69. The van der Waals surface area contributed by atoms with E-state index < -0.39 is 0 Å². The Bertz CT molecular complexity index is 598. The molecular formula is C17H22BrNO2. The van der Waals surface area contributed by atoms with Crippen LogP contribution in [-0.2, 0) is 4.74 Å². The monoisotopic (exact) mass is 351 g/mol. The number of carbonyl (C=O) groups excluding carboxylic acids is 1. The summed E-state index contributed by atoms with van der Waals surface area (Å²) in [6.45, 7) is 6.89. The fraction of sp³-hybridized carbons (Fsp3) is 0.588. The first kappa shape index (κ1) is 14.9. The van der Waals surface area contributed by atoms with Crippen molar-refractivity contribution in [3.8, 4) is 0 Å². The van der Waals surface area contributed by atoms with Crippen molar-refractivity contribution in [2.24, 2.45) is 16.7 Å². The van der Waals surface area contributed by atoms with E-state index in [1.54, 1.807) is 12.1 Å². The fourth-order valence-corrected chi connectivity index (χ4v) is 4.60. The Labute approximate surface area is 134 Å². The zero-order valence-corrected chi connectivity index (χ0v) is 14.4. The van der Waals surface area contributed by atoms with E-state index in [1.165, 1.54) is 6.42 Å². The molecule has 21 heavy (non-hydrogen) atoms. The summed E-state index contributed by atoms with van der Waals surface area (Å²) in [4.78, 5) is 12.4. The number of hydrogen-bond acceptors (Lipinski definition) is 3. The molecule has 114 valence electrons. The Hall–Kier alpha value is -1.03. The molecule has 3 nitrogen and oxygen atoms in total. The summed E-state index contributed by atoms with van der Waals surface area (Å²) >= 11 is 3.35. The summed E-state index contributed by atoms with van der Waals surface area (Å²) in [6.07, 6.45) is 3.36. The Kier molecular flexibility index (Phi) is 3.36. The van der Waals surface area contributed by atoms with Gasteiger partial charge in [0.25, 0.3) is 0 Å². The number of ether oxygens (including phenoxy) is 1. The Morgan fingerprint density at radius 3 is 2.62 bits per heavy atom. The minimum absolute atomic E-state index is 0.00166. The zero-order valence-electron chi connectivity index (χ0n) is 12.8. The Morgan fingerprint density at radius 2 is 2.10 bits per heavy atom. The molecule has 3 unspecified atom stereocenters. The summed E-state index contributed by atoms with van der Waals surface area (Å²) in [7, 11) is 0. The summed E-state index contributed by atoms with van der Waals surface area (Å²) in [5, 5.41) is 0. The number of nitrogen functional groups attached to an aromatic ring is 1. The number of esters is 1. The van der Waals surface area contributed by atoms with Crippen LogP contribution in [0, 0.1) is 16.7 Å². The van der Waals surface area contributed by atoms with Crippen LogP contribution in [0.2, 0.25) is 0 Å². The molecule has 0 aromatic heterocycles. The molecule has 0 amide bonds. The molecule has 0 radical (unpaired) electrons. The van der Waals surface area contributed by atoms with E-state index in [0.29, 0.717) is 17.2 Å². The lowest BCUT2D eigenvalue weighted by molar-refractivity contribution is -0.0241. The number of benzene rings is 1. The minimum Gasteiger partial charge on any atom is -0.458 e. The number of rotatable bonds is 2. The van der Waals surface area contributed by atoms with E-state index in [1.807, 2.05) is 6.07 Å². The molecule has 0 saturated heterocycles. The van der Waals surface area contributed by atoms with Gasteiger partial charge in [-0.2, -0.15) is 0 Å². The van der Waals surface area contributed by atoms with Gasteiger partial charge in [-0.25, -0.2) is 4.79 Å². The molecule has 3 atom stereocenters. The van der Waals surface area contributed by atoms with Crippen LogP contribution in [0.1, 0.15) is 50.4 Å². The number of nitrogens with two attached hydrogens (primary N) is 1. The second kappa shape index (κ2) is 4.73. The minimum atomic E-state index is -0.297. The second-order valence-electron chi connectivity index (χ2n) is 7.24. The van der Waals surface area contributed by atoms with Gasteiger partial charge in [0.15, 0.2) is 0 Å². The highest BCUT2D eigenvalue weighted by atomic mass is 79.9. The molecule has 3 rings (SSSR count). The van der Waals surface area contributed by atoms with E-state index in [9.17, 15) is 4.79 Å². The molecule has 2 bridgehead atoms. The maximum atomic E-state index is 12.4. The van der Waals surface area contributed by atoms with Gasteiger partial charge in [-0.15, -0.1) is 0 Å². The lowest BCUT2D eigenvalue weighted by atomic mass is 9.70. The molecule has 0 aliphatic heterocycles. The van der Waals surface area contributed by atoms with Crippen LogP contribution in [0.3, 0.4) is 0 Å². The van der Waals surface area contributed by atoms with Gasteiger partial charge in [-0.1, -0.05) is 36.7 Å². The molecule has 2 aliphatic carbocycles. The molecule has 0 spiro atoms. The summed E-state index contributed by atoms with van der Waals surface area (Å²) in [5.41, 5.74) is 7.17. The first-order valence-corrected chi connectivity index (χ1v) is 8.31. The fourth-order valence-electron chi connectivity index (χ4n) is 4.22. The van der Waals surface area contributed by atoms with Gasteiger partial charge in [-0.05, 0) is 48.8 Å². The average Bonchev–Trinajstić information content (AvgIpc) is 2.71. The van der Waals surface area contributed by atoms with Crippen molar-refractivity contribution in [3.05, 3.63) is 28.2 Å². The first-order valence-electron chi connectivity index (χ1n) is 7.52. The molecule has 4 heteroatoms. The smallest absolute Gasteiger partial charge is 0.340 e. The summed E-state index contributed by atoms with van der Waals surface area (Å²) < 4.78 is 6.72. The average molecular weight is 352 g/mol. The van der Waals surface area contributed by atoms with Gasteiger partial charge in [0.2, 0.25) is 0 Å². The van der Waals surface area contributed by atoms with Crippen LogP contribution in [-0.4, -0.2) is 12.1 Å². The molecule has 1 aromatic rings. The maximum Gasteiger partial charge on any atom is 0.340 e. The van der Waals surface area contributed by atoms with Crippen molar-refractivity contribution in [1.82, 2.24) is 0 Å². The lowest BCUT2D eigenvalue weighted by Gasteiger charge is -2.38.